The van der Waals surface area contributed by atoms with Gasteiger partial charge in [-0.2, -0.15) is 4.31 Å². The zero-order valence-electron chi connectivity index (χ0n) is 16.6. The second-order valence-corrected chi connectivity index (χ2v) is 9.78. The number of carbonyl (C=O) groups is 2. The minimum atomic E-state index is -3.88. The molecule has 1 aliphatic rings. The van der Waals surface area contributed by atoms with Gasteiger partial charge in [-0.25, -0.2) is 18.2 Å². The number of pyridine rings is 1. The lowest BCUT2D eigenvalue weighted by atomic mass is 9.99. The maximum Gasteiger partial charge on any atom is 0.339 e. The number of aromatic nitrogens is 1. The summed E-state index contributed by atoms with van der Waals surface area (Å²) in [7, 11) is -2.65. The van der Waals surface area contributed by atoms with Crippen molar-refractivity contribution in [1.82, 2.24) is 9.29 Å². The quantitative estimate of drug-likeness (QED) is 0.639. The summed E-state index contributed by atoms with van der Waals surface area (Å²) in [6, 6.07) is 9.51. The number of methoxy groups -OCH3 is 1. The van der Waals surface area contributed by atoms with Crippen LogP contribution in [-0.2, 0) is 19.6 Å². The van der Waals surface area contributed by atoms with Crippen molar-refractivity contribution in [3.63, 3.8) is 0 Å². The van der Waals surface area contributed by atoms with E-state index >= 15 is 0 Å². The summed E-state index contributed by atoms with van der Waals surface area (Å²) < 4.78 is 32.7. The van der Waals surface area contributed by atoms with E-state index in [2.05, 4.69) is 26.2 Å². The van der Waals surface area contributed by atoms with E-state index in [4.69, 9.17) is 4.74 Å². The first kappa shape index (κ1) is 22.4. The third-order valence-corrected chi connectivity index (χ3v) is 7.43. The first-order chi connectivity index (χ1) is 14.2. The van der Waals surface area contributed by atoms with Gasteiger partial charge in [0.15, 0.2) is 0 Å². The van der Waals surface area contributed by atoms with Gasteiger partial charge in [0.2, 0.25) is 15.9 Å². The molecule has 0 spiro atoms. The molecule has 0 bridgehead atoms. The lowest BCUT2D eigenvalue weighted by Crippen LogP contribution is -2.43. The minimum Gasteiger partial charge on any atom is -0.465 e. The standard InChI is InChI=1S/C20H22BrN3O5S/c1-13-5-3-7-18(22-13)23-19(25)14-6-4-10-24(12-14)30(27,28)15-8-9-17(21)16(11-15)20(26)29-2/h3,5,7-9,11,14H,4,6,10,12H2,1-2H3,(H,22,23,25). The maximum absolute atomic E-state index is 13.1. The van der Waals surface area contributed by atoms with E-state index in [1.165, 1.54) is 29.6 Å². The van der Waals surface area contributed by atoms with Gasteiger partial charge in [-0.1, -0.05) is 6.07 Å². The predicted octanol–water partition coefficient (Wildman–Crippen LogP) is 2.98. The van der Waals surface area contributed by atoms with Crippen molar-refractivity contribution in [2.24, 2.45) is 5.92 Å². The van der Waals surface area contributed by atoms with Gasteiger partial charge in [-0.3, -0.25) is 4.79 Å². The van der Waals surface area contributed by atoms with E-state index in [9.17, 15) is 18.0 Å². The van der Waals surface area contributed by atoms with Crippen molar-refractivity contribution >= 4 is 43.6 Å². The zero-order valence-corrected chi connectivity index (χ0v) is 19.0. The van der Waals surface area contributed by atoms with E-state index < -0.39 is 21.9 Å². The summed E-state index contributed by atoms with van der Waals surface area (Å²) in [5.74, 6) is -0.957. The summed E-state index contributed by atoms with van der Waals surface area (Å²) in [6.07, 6.45) is 1.14. The number of piperidine rings is 1. The largest absolute Gasteiger partial charge is 0.465 e. The van der Waals surface area contributed by atoms with Crippen LogP contribution in [0.15, 0.2) is 45.8 Å². The average molecular weight is 496 g/mol. The Labute approximate surface area is 183 Å². The molecule has 0 radical (unpaired) electrons. The molecule has 1 fully saturated rings. The van der Waals surface area contributed by atoms with Gasteiger partial charge >= 0.3 is 5.97 Å². The van der Waals surface area contributed by atoms with Gasteiger partial charge in [0.25, 0.3) is 0 Å². The summed E-state index contributed by atoms with van der Waals surface area (Å²) >= 11 is 3.23. The molecule has 1 unspecified atom stereocenters. The number of rotatable bonds is 5. The molecule has 1 N–H and O–H groups in total. The number of hydrogen-bond donors (Lipinski definition) is 1. The van der Waals surface area contributed by atoms with E-state index in [0.717, 1.165) is 5.69 Å². The van der Waals surface area contributed by atoms with E-state index in [0.29, 0.717) is 29.7 Å². The van der Waals surface area contributed by atoms with Gasteiger partial charge in [0.1, 0.15) is 5.82 Å². The van der Waals surface area contributed by atoms with Crippen LogP contribution in [-0.4, -0.2) is 49.8 Å². The molecular formula is C20H22BrN3O5S. The number of nitrogens with one attached hydrogen (secondary N) is 1. The Balaban J connectivity index is 1.78. The average Bonchev–Trinajstić information content (AvgIpc) is 2.73. The van der Waals surface area contributed by atoms with Crippen LogP contribution in [0, 0.1) is 12.8 Å². The van der Waals surface area contributed by atoms with Crippen molar-refractivity contribution in [2.45, 2.75) is 24.7 Å². The normalized spacial score (nSPS) is 17.4. The molecule has 0 saturated carbocycles. The minimum absolute atomic E-state index is 0.0208. The first-order valence-corrected chi connectivity index (χ1v) is 11.6. The van der Waals surface area contributed by atoms with Crippen LogP contribution < -0.4 is 5.32 Å². The second-order valence-electron chi connectivity index (χ2n) is 6.99. The number of hydrogen-bond acceptors (Lipinski definition) is 6. The third kappa shape index (κ3) is 4.88. The van der Waals surface area contributed by atoms with Crippen LogP contribution in [0.4, 0.5) is 5.82 Å². The Hall–Kier alpha value is -2.30. The number of carbonyl (C=O) groups excluding carboxylic acids is 2. The van der Waals surface area contributed by atoms with Crippen LogP contribution in [0.25, 0.3) is 0 Å². The van der Waals surface area contributed by atoms with Crippen LogP contribution >= 0.6 is 15.9 Å². The summed E-state index contributed by atoms with van der Waals surface area (Å²) in [5, 5.41) is 2.76. The number of sulfonamides is 1. The Kier molecular flexibility index (Phi) is 6.89. The van der Waals surface area contributed by atoms with Crippen molar-refractivity contribution in [2.75, 3.05) is 25.5 Å². The van der Waals surface area contributed by atoms with Gasteiger partial charge < -0.3 is 10.1 Å². The van der Waals surface area contributed by atoms with E-state index in [-0.39, 0.29) is 22.9 Å². The fourth-order valence-electron chi connectivity index (χ4n) is 3.30. The van der Waals surface area contributed by atoms with Gasteiger partial charge in [-0.05, 0) is 66.0 Å². The lowest BCUT2D eigenvalue weighted by molar-refractivity contribution is -0.120. The number of nitrogens with zero attached hydrogens (tertiary/aromatic N) is 2. The zero-order chi connectivity index (χ0) is 21.9. The SMILES string of the molecule is COC(=O)c1cc(S(=O)(=O)N2CCCC(C(=O)Nc3cccc(C)n3)C2)ccc1Br. The molecule has 160 valence electrons. The molecule has 1 atom stereocenters. The smallest absolute Gasteiger partial charge is 0.339 e. The number of benzene rings is 1. The fraction of sp³-hybridized carbons (Fsp3) is 0.350. The van der Waals surface area contributed by atoms with Crippen LogP contribution in [0.2, 0.25) is 0 Å². The molecule has 30 heavy (non-hydrogen) atoms. The van der Waals surface area contributed by atoms with Gasteiger partial charge in [0, 0.05) is 23.3 Å². The number of amides is 1. The highest BCUT2D eigenvalue weighted by Gasteiger charge is 2.34. The fourth-order valence-corrected chi connectivity index (χ4v) is 5.26. The molecule has 2 aromatic rings. The highest BCUT2D eigenvalue weighted by molar-refractivity contribution is 9.10. The van der Waals surface area contributed by atoms with Crippen molar-refractivity contribution < 1.29 is 22.7 Å². The number of halogens is 1. The van der Waals surface area contributed by atoms with E-state index in [1.807, 2.05) is 13.0 Å². The third-order valence-electron chi connectivity index (χ3n) is 4.88. The highest BCUT2D eigenvalue weighted by atomic mass is 79.9. The number of anilines is 1. The Morgan fingerprint density at radius 1 is 1.27 bits per heavy atom. The van der Waals surface area contributed by atoms with Crippen LogP contribution in [0.3, 0.4) is 0 Å². The molecule has 1 aromatic heterocycles. The molecule has 2 heterocycles. The lowest BCUT2D eigenvalue weighted by Gasteiger charge is -2.31. The molecular weight excluding hydrogens is 474 g/mol. The molecule has 1 aliphatic heterocycles. The molecule has 10 heteroatoms. The first-order valence-electron chi connectivity index (χ1n) is 9.35. The van der Waals surface area contributed by atoms with Gasteiger partial charge in [0.05, 0.1) is 23.5 Å². The molecule has 1 amide bonds. The van der Waals surface area contributed by atoms with Gasteiger partial charge in [-0.15, -0.1) is 0 Å². The number of ether oxygens (including phenoxy) is 1. The molecule has 0 aliphatic carbocycles. The summed E-state index contributed by atoms with van der Waals surface area (Å²) in [5.41, 5.74) is 0.896. The van der Waals surface area contributed by atoms with E-state index in [1.54, 1.807) is 12.1 Å². The molecule has 8 nitrogen and oxygen atoms in total. The summed E-state index contributed by atoms with van der Waals surface area (Å²) in [6.45, 7) is 2.19. The highest BCUT2D eigenvalue weighted by Crippen LogP contribution is 2.27. The number of aryl methyl sites for hydroxylation is 1. The monoisotopic (exact) mass is 495 g/mol. The maximum atomic E-state index is 13.1. The van der Waals surface area contributed by atoms with Crippen molar-refractivity contribution in [1.29, 1.82) is 0 Å². The molecule has 1 saturated heterocycles. The van der Waals surface area contributed by atoms with Crippen molar-refractivity contribution in [3.05, 3.63) is 52.1 Å². The Morgan fingerprint density at radius 3 is 2.73 bits per heavy atom. The number of esters is 1. The molecule has 1 aromatic carbocycles. The van der Waals surface area contributed by atoms with Crippen LogP contribution in [0.1, 0.15) is 28.9 Å². The topological polar surface area (TPSA) is 106 Å². The second kappa shape index (κ2) is 9.23. The molecule has 3 rings (SSSR count). The van der Waals surface area contributed by atoms with Crippen molar-refractivity contribution in [3.8, 4) is 0 Å². The Bertz CT molecular complexity index is 1070. The summed E-state index contributed by atoms with van der Waals surface area (Å²) in [4.78, 5) is 28.8. The Morgan fingerprint density at radius 2 is 2.03 bits per heavy atom. The predicted molar refractivity (Wildman–Crippen MR) is 115 cm³/mol. The van der Waals surface area contributed by atoms with Crippen LogP contribution in [0.5, 0.6) is 0 Å².